The molecule has 0 spiro atoms. The van der Waals surface area contributed by atoms with Crippen LogP contribution in [-0.4, -0.2) is 11.9 Å². The van der Waals surface area contributed by atoms with Crippen LogP contribution in [0, 0.1) is 0 Å². The van der Waals surface area contributed by atoms with E-state index < -0.39 is 11.9 Å². The summed E-state index contributed by atoms with van der Waals surface area (Å²) >= 11 is 0. The summed E-state index contributed by atoms with van der Waals surface area (Å²) in [4.78, 5) is 23.5. The first-order chi connectivity index (χ1) is 13.7. The SMILES string of the molecule is O=C(/C=C/c1ccco1)OCc1cccc(COC(=O)/C=C/c2ccco2)c1. The van der Waals surface area contributed by atoms with E-state index in [1.54, 1.807) is 24.3 Å². The van der Waals surface area contributed by atoms with Gasteiger partial charge in [0.05, 0.1) is 12.5 Å². The summed E-state index contributed by atoms with van der Waals surface area (Å²) in [6.45, 7) is 0.225. The topological polar surface area (TPSA) is 78.9 Å². The molecule has 0 aliphatic heterocycles. The summed E-state index contributed by atoms with van der Waals surface area (Å²) in [6.07, 6.45) is 8.72. The summed E-state index contributed by atoms with van der Waals surface area (Å²) in [5, 5.41) is 0. The van der Waals surface area contributed by atoms with Crippen molar-refractivity contribution in [2.24, 2.45) is 0 Å². The number of carbonyl (C=O) groups excluding carboxylic acids is 2. The molecule has 142 valence electrons. The molecule has 3 rings (SSSR count). The molecule has 1 aromatic carbocycles. The Balaban J connectivity index is 1.45. The standard InChI is InChI=1S/C22H18O6/c23-21(10-8-19-6-2-12-25-19)27-15-17-4-1-5-18(14-17)16-28-22(24)11-9-20-7-3-13-26-20/h1-14H,15-16H2/b10-8+,11-9+. The van der Waals surface area contributed by atoms with Crippen LogP contribution >= 0.6 is 0 Å². The number of carbonyl (C=O) groups is 2. The number of benzene rings is 1. The van der Waals surface area contributed by atoms with E-state index in [0.717, 1.165) is 11.1 Å². The fourth-order valence-electron chi connectivity index (χ4n) is 2.29. The van der Waals surface area contributed by atoms with E-state index in [2.05, 4.69) is 0 Å². The fraction of sp³-hybridized carbons (Fsp3) is 0.0909. The monoisotopic (exact) mass is 378 g/mol. The number of ether oxygens (including phenoxy) is 2. The smallest absolute Gasteiger partial charge is 0.331 e. The minimum atomic E-state index is -0.476. The third kappa shape index (κ3) is 6.17. The number of esters is 2. The van der Waals surface area contributed by atoms with Gasteiger partial charge in [-0.1, -0.05) is 18.2 Å². The van der Waals surface area contributed by atoms with Crippen molar-refractivity contribution < 1.29 is 27.9 Å². The van der Waals surface area contributed by atoms with Gasteiger partial charge < -0.3 is 18.3 Å². The highest BCUT2D eigenvalue weighted by Gasteiger charge is 2.03. The molecule has 0 unspecified atom stereocenters. The van der Waals surface area contributed by atoms with E-state index >= 15 is 0 Å². The second-order valence-electron chi connectivity index (χ2n) is 5.73. The third-order valence-electron chi connectivity index (χ3n) is 3.61. The Hall–Kier alpha value is -3.80. The van der Waals surface area contributed by atoms with Gasteiger partial charge in [0.1, 0.15) is 24.7 Å². The van der Waals surface area contributed by atoms with Gasteiger partial charge in [-0.25, -0.2) is 9.59 Å². The van der Waals surface area contributed by atoms with Crippen LogP contribution in [0.5, 0.6) is 0 Å². The highest BCUT2D eigenvalue weighted by Crippen LogP contribution is 2.10. The molecule has 0 saturated heterocycles. The molecule has 3 aromatic rings. The zero-order valence-corrected chi connectivity index (χ0v) is 14.9. The molecule has 0 amide bonds. The van der Waals surface area contributed by atoms with Gasteiger partial charge in [-0.15, -0.1) is 0 Å². The number of hydrogen-bond acceptors (Lipinski definition) is 6. The van der Waals surface area contributed by atoms with Gasteiger partial charge in [0.25, 0.3) is 0 Å². The molecule has 6 nitrogen and oxygen atoms in total. The van der Waals surface area contributed by atoms with E-state index in [4.69, 9.17) is 18.3 Å². The van der Waals surface area contributed by atoms with Crippen molar-refractivity contribution in [3.63, 3.8) is 0 Å². The summed E-state index contributed by atoms with van der Waals surface area (Å²) in [6, 6.07) is 14.2. The van der Waals surface area contributed by atoms with Crippen molar-refractivity contribution in [1.82, 2.24) is 0 Å². The van der Waals surface area contributed by atoms with E-state index in [9.17, 15) is 9.59 Å². The maximum Gasteiger partial charge on any atom is 0.331 e. The van der Waals surface area contributed by atoms with Gasteiger partial charge in [0.2, 0.25) is 0 Å². The summed E-state index contributed by atoms with van der Waals surface area (Å²) in [5.41, 5.74) is 1.58. The Labute approximate surface area is 161 Å². The summed E-state index contributed by atoms with van der Waals surface area (Å²) in [7, 11) is 0. The zero-order chi connectivity index (χ0) is 19.6. The Morgan fingerprint density at radius 2 is 1.25 bits per heavy atom. The van der Waals surface area contributed by atoms with Gasteiger partial charge in [-0.2, -0.15) is 0 Å². The van der Waals surface area contributed by atoms with E-state index in [1.165, 1.54) is 36.8 Å². The molecule has 28 heavy (non-hydrogen) atoms. The van der Waals surface area contributed by atoms with Crippen LogP contribution in [0.3, 0.4) is 0 Å². The van der Waals surface area contributed by atoms with Crippen LogP contribution in [0.4, 0.5) is 0 Å². The van der Waals surface area contributed by atoms with Crippen molar-refractivity contribution >= 4 is 24.1 Å². The summed E-state index contributed by atoms with van der Waals surface area (Å²) < 4.78 is 20.6. The molecule has 0 radical (unpaired) electrons. The molecule has 0 atom stereocenters. The molecule has 0 N–H and O–H groups in total. The Morgan fingerprint density at radius 1 is 0.750 bits per heavy atom. The largest absolute Gasteiger partial charge is 0.465 e. The second kappa shape index (κ2) is 9.78. The molecule has 0 fully saturated rings. The molecule has 0 bridgehead atoms. The normalized spacial score (nSPS) is 11.1. The fourth-order valence-corrected chi connectivity index (χ4v) is 2.29. The van der Waals surface area contributed by atoms with Crippen LogP contribution in [0.1, 0.15) is 22.6 Å². The van der Waals surface area contributed by atoms with Crippen LogP contribution in [0.15, 0.2) is 82.0 Å². The third-order valence-corrected chi connectivity index (χ3v) is 3.61. The first-order valence-electron chi connectivity index (χ1n) is 8.53. The van der Waals surface area contributed by atoms with Gasteiger partial charge in [-0.3, -0.25) is 0 Å². The molecule has 2 heterocycles. The van der Waals surface area contributed by atoms with Gasteiger partial charge >= 0.3 is 11.9 Å². The Bertz CT molecular complexity index is 873. The lowest BCUT2D eigenvalue weighted by Gasteiger charge is -2.06. The van der Waals surface area contributed by atoms with Crippen LogP contribution < -0.4 is 0 Å². The second-order valence-corrected chi connectivity index (χ2v) is 5.73. The average Bonchev–Trinajstić information content (AvgIpc) is 3.42. The van der Waals surface area contributed by atoms with E-state index in [0.29, 0.717) is 11.5 Å². The first-order valence-corrected chi connectivity index (χ1v) is 8.53. The quantitative estimate of drug-likeness (QED) is 0.427. The highest BCUT2D eigenvalue weighted by atomic mass is 16.5. The number of hydrogen-bond donors (Lipinski definition) is 0. The highest BCUT2D eigenvalue weighted by molar-refractivity contribution is 5.87. The van der Waals surface area contributed by atoms with Crippen LogP contribution in [0.2, 0.25) is 0 Å². The van der Waals surface area contributed by atoms with E-state index in [-0.39, 0.29) is 13.2 Å². The summed E-state index contributed by atoms with van der Waals surface area (Å²) in [5.74, 6) is 0.191. The molecule has 0 aliphatic carbocycles. The molecular weight excluding hydrogens is 360 g/mol. The predicted molar refractivity (Wildman–Crippen MR) is 102 cm³/mol. The Morgan fingerprint density at radius 3 is 1.68 bits per heavy atom. The van der Waals surface area contributed by atoms with Crippen molar-refractivity contribution in [2.45, 2.75) is 13.2 Å². The molecule has 2 aromatic heterocycles. The van der Waals surface area contributed by atoms with Crippen molar-refractivity contribution in [2.75, 3.05) is 0 Å². The van der Waals surface area contributed by atoms with E-state index in [1.807, 2.05) is 24.3 Å². The number of furan rings is 2. The lowest BCUT2D eigenvalue weighted by molar-refractivity contribution is -0.139. The maximum atomic E-state index is 11.7. The van der Waals surface area contributed by atoms with Crippen LogP contribution in [0.25, 0.3) is 12.2 Å². The molecule has 6 heteroatoms. The molecule has 0 aliphatic rings. The van der Waals surface area contributed by atoms with Gasteiger partial charge in [-0.05, 0) is 53.6 Å². The average molecular weight is 378 g/mol. The molecule has 0 saturated carbocycles. The lowest BCUT2D eigenvalue weighted by atomic mass is 10.1. The zero-order valence-electron chi connectivity index (χ0n) is 14.9. The van der Waals surface area contributed by atoms with Gasteiger partial charge in [0.15, 0.2) is 0 Å². The van der Waals surface area contributed by atoms with Crippen molar-refractivity contribution in [3.8, 4) is 0 Å². The number of rotatable bonds is 8. The first kappa shape index (κ1) is 19.0. The lowest BCUT2D eigenvalue weighted by Crippen LogP contribution is -2.03. The van der Waals surface area contributed by atoms with Gasteiger partial charge in [0, 0.05) is 12.2 Å². The van der Waals surface area contributed by atoms with Crippen LogP contribution in [-0.2, 0) is 32.3 Å². The Kier molecular flexibility index (Phi) is 6.62. The minimum Gasteiger partial charge on any atom is -0.465 e. The van der Waals surface area contributed by atoms with Crippen molar-refractivity contribution in [1.29, 1.82) is 0 Å². The minimum absolute atomic E-state index is 0.113. The molecular formula is C22H18O6. The predicted octanol–water partition coefficient (Wildman–Crippen LogP) is 4.39. The maximum absolute atomic E-state index is 11.7. The van der Waals surface area contributed by atoms with Crippen molar-refractivity contribution in [3.05, 3.63) is 95.9 Å².